The molecular formula is C20H16N4O2S2. The third-order valence-corrected chi connectivity index (χ3v) is 5.74. The van der Waals surface area contributed by atoms with Gasteiger partial charge in [0.15, 0.2) is 0 Å². The van der Waals surface area contributed by atoms with E-state index in [-0.39, 0.29) is 5.91 Å². The van der Waals surface area contributed by atoms with Crippen molar-refractivity contribution in [3.05, 3.63) is 70.3 Å². The minimum Gasteiger partial charge on any atom is -0.497 e. The number of ether oxygens (including phenoxy) is 1. The first kappa shape index (κ1) is 18.3. The molecule has 1 N–H and O–H groups in total. The molecule has 3 heterocycles. The summed E-state index contributed by atoms with van der Waals surface area (Å²) in [5.41, 5.74) is 3.24. The molecular weight excluding hydrogens is 392 g/mol. The second-order valence-corrected chi connectivity index (χ2v) is 7.61. The number of hydrogen-bond acceptors (Lipinski definition) is 7. The maximum Gasteiger partial charge on any atom is 0.271 e. The van der Waals surface area contributed by atoms with Crippen molar-refractivity contribution < 1.29 is 9.53 Å². The molecule has 0 fully saturated rings. The van der Waals surface area contributed by atoms with E-state index in [1.807, 2.05) is 41.8 Å². The standard InChI is InChI=1S/C20H16N4O2S2/c1-26-15-4-2-14(3-5-15)20-24-17(12-28-20)19(25)22-10-18-23-16(11-27-18)13-6-8-21-9-7-13/h2-9,11-12H,10H2,1H3,(H,22,25). The molecule has 0 bridgehead atoms. The van der Waals surface area contributed by atoms with E-state index >= 15 is 0 Å². The number of pyridine rings is 1. The van der Waals surface area contributed by atoms with Crippen LogP contribution >= 0.6 is 22.7 Å². The van der Waals surface area contributed by atoms with E-state index in [4.69, 9.17) is 4.74 Å². The number of aromatic nitrogens is 3. The lowest BCUT2D eigenvalue weighted by Gasteiger charge is -2.01. The van der Waals surface area contributed by atoms with E-state index in [1.54, 1.807) is 24.9 Å². The molecule has 0 radical (unpaired) electrons. The van der Waals surface area contributed by atoms with Gasteiger partial charge in [0.1, 0.15) is 21.5 Å². The first-order valence-electron chi connectivity index (χ1n) is 8.46. The minimum absolute atomic E-state index is 0.211. The van der Waals surface area contributed by atoms with E-state index in [9.17, 15) is 4.79 Å². The Bertz CT molecular complexity index is 1080. The van der Waals surface area contributed by atoms with Gasteiger partial charge in [0.05, 0.1) is 19.3 Å². The smallest absolute Gasteiger partial charge is 0.271 e. The van der Waals surface area contributed by atoms with E-state index in [2.05, 4.69) is 20.3 Å². The van der Waals surface area contributed by atoms with Crippen LogP contribution in [0, 0.1) is 0 Å². The van der Waals surface area contributed by atoms with Gasteiger partial charge < -0.3 is 10.1 Å². The molecule has 0 atom stereocenters. The average molecular weight is 409 g/mol. The summed E-state index contributed by atoms with van der Waals surface area (Å²) in [6.07, 6.45) is 3.47. The van der Waals surface area contributed by atoms with Gasteiger partial charge in [-0.1, -0.05) is 0 Å². The fourth-order valence-corrected chi connectivity index (χ4v) is 4.09. The topological polar surface area (TPSA) is 77.0 Å². The van der Waals surface area contributed by atoms with Crippen LogP contribution in [-0.2, 0) is 6.54 Å². The molecule has 0 aliphatic carbocycles. The number of nitrogens with one attached hydrogen (secondary N) is 1. The van der Waals surface area contributed by atoms with Crippen LogP contribution in [0.15, 0.2) is 59.6 Å². The van der Waals surface area contributed by atoms with Crippen LogP contribution in [0.2, 0.25) is 0 Å². The fourth-order valence-electron chi connectivity index (χ4n) is 2.54. The van der Waals surface area contributed by atoms with Gasteiger partial charge in [0, 0.05) is 34.3 Å². The molecule has 6 nitrogen and oxygen atoms in total. The number of methoxy groups -OCH3 is 1. The van der Waals surface area contributed by atoms with Crippen LogP contribution in [0.25, 0.3) is 21.8 Å². The maximum absolute atomic E-state index is 12.4. The first-order chi connectivity index (χ1) is 13.7. The molecule has 1 amide bonds. The molecule has 0 spiro atoms. The quantitative estimate of drug-likeness (QED) is 0.516. The second kappa shape index (κ2) is 8.28. The molecule has 8 heteroatoms. The van der Waals surface area contributed by atoms with Crippen molar-refractivity contribution in [2.45, 2.75) is 6.54 Å². The Morgan fingerprint density at radius 1 is 1.00 bits per heavy atom. The second-order valence-electron chi connectivity index (χ2n) is 5.81. The molecule has 0 aliphatic heterocycles. The molecule has 0 unspecified atom stereocenters. The van der Waals surface area contributed by atoms with Crippen LogP contribution in [0.5, 0.6) is 5.75 Å². The zero-order valence-electron chi connectivity index (χ0n) is 15.0. The lowest BCUT2D eigenvalue weighted by Crippen LogP contribution is -2.23. The van der Waals surface area contributed by atoms with Gasteiger partial charge in [0.25, 0.3) is 5.91 Å². The monoisotopic (exact) mass is 408 g/mol. The van der Waals surface area contributed by atoms with Gasteiger partial charge in [0.2, 0.25) is 0 Å². The summed E-state index contributed by atoms with van der Waals surface area (Å²) >= 11 is 2.95. The van der Waals surface area contributed by atoms with E-state index in [1.165, 1.54) is 22.7 Å². The lowest BCUT2D eigenvalue weighted by atomic mass is 10.2. The summed E-state index contributed by atoms with van der Waals surface area (Å²) in [5.74, 6) is 0.574. The zero-order valence-corrected chi connectivity index (χ0v) is 16.6. The Kier molecular flexibility index (Phi) is 5.41. The van der Waals surface area contributed by atoms with Crippen molar-refractivity contribution in [3.8, 4) is 27.6 Å². The van der Waals surface area contributed by atoms with Gasteiger partial charge in [-0.05, 0) is 36.4 Å². The molecule has 0 aliphatic rings. The summed E-state index contributed by atoms with van der Waals surface area (Å²) in [4.78, 5) is 25.4. The van der Waals surface area contributed by atoms with Crippen LogP contribution < -0.4 is 10.1 Å². The largest absolute Gasteiger partial charge is 0.497 e. The molecule has 140 valence electrons. The Labute approximate surface area is 169 Å². The lowest BCUT2D eigenvalue weighted by molar-refractivity contribution is 0.0946. The zero-order chi connectivity index (χ0) is 19.3. The first-order valence-corrected chi connectivity index (χ1v) is 10.2. The average Bonchev–Trinajstić information content (AvgIpc) is 3.43. The molecule has 28 heavy (non-hydrogen) atoms. The van der Waals surface area contributed by atoms with Crippen LogP contribution in [0.4, 0.5) is 0 Å². The summed E-state index contributed by atoms with van der Waals surface area (Å²) in [6.45, 7) is 0.365. The number of thiazole rings is 2. The number of carbonyl (C=O) groups excluding carboxylic acids is 1. The summed E-state index contributed by atoms with van der Waals surface area (Å²) in [6, 6.07) is 11.4. The van der Waals surface area contributed by atoms with Gasteiger partial charge in [-0.2, -0.15) is 0 Å². The predicted molar refractivity (Wildman–Crippen MR) is 111 cm³/mol. The van der Waals surface area contributed by atoms with Crippen molar-refractivity contribution >= 4 is 28.6 Å². The summed E-state index contributed by atoms with van der Waals surface area (Å²) in [5, 5.41) is 8.25. The minimum atomic E-state index is -0.211. The Morgan fingerprint density at radius 3 is 2.54 bits per heavy atom. The number of carbonyl (C=O) groups is 1. The van der Waals surface area contributed by atoms with Crippen molar-refractivity contribution in [1.29, 1.82) is 0 Å². The highest BCUT2D eigenvalue weighted by atomic mass is 32.1. The normalized spacial score (nSPS) is 10.6. The number of rotatable bonds is 6. The van der Waals surface area contributed by atoms with E-state index in [0.29, 0.717) is 12.2 Å². The number of amides is 1. The molecule has 1 aromatic carbocycles. The SMILES string of the molecule is COc1ccc(-c2nc(C(=O)NCc3nc(-c4ccncc4)cs3)cs2)cc1. The third-order valence-electron chi connectivity index (χ3n) is 4.00. The van der Waals surface area contributed by atoms with Gasteiger partial charge >= 0.3 is 0 Å². The number of hydrogen-bond donors (Lipinski definition) is 1. The van der Waals surface area contributed by atoms with Crippen LogP contribution in [0.3, 0.4) is 0 Å². The van der Waals surface area contributed by atoms with Crippen LogP contribution in [0.1, 0.15) is 15.5 Å². The Balaban J connectivity index is 1.39. The van der Waals surface area contributed by atoms with Gasteiger partial charge in [-0.25, -0.2) is 9.97 Å². The van der Waals surface area contributed by atoms with Crippen molar-refractivity contribution in [2.24, 2.45) is 0 Å². The molecule has 4 aromatic rings. The molecule has 4 rings (SSSR count). The summed E-state index contributed by atoms with van der Waals surface area (Å²) < 4.78 is 5.16. The summed E-state index contributed by atoms with van der Waals surface area (Å²) in [7, 11) is 1.63. The van der Waals surface area contributed by atoms with Crippen molar-refractivity contribution in [3.63, 3.8) is 0 Å². The number of nitrogens with zero attached hydrogens (tertiary/aromatic N) is 3. The predicted octanol–water partition coefficient (Wildman–Crippen LogP) is 4.27. The van der Waals surface area contributed by atoms with Crippen LogP contribution in [-0.4, -0.2) is 28.0 Å². The van der Waals surface area contributed by atoms with Crippen molar-refractivity contribution in [2.75, 3.05) is 7.11 Å². The number of benzene rings is 1. The highest BCUT2D eigenvalue weighted by Crippen LogP contribution is 2.26. The molecule has 3 aromatic heterocycles. The Morgan fingerprint density at radius 2 is 1.79 bits per heavy atom. The maximum atomic E-state index is 12.4. The fraction of sp³-hybridized carbons (Fsp3) is 0.100. The van der Waals surface area contributed by atoms with E-state index < -0.39 is 0 Å². The van der Waals surface area contributed by atoms with Crippen molar-refractivity contribution in [1.82, 2.24) is 20.3 Å². The highest BCUT2D eigenvalue weighted by molar-refractivity contribution is 7.13. The highest BCUT2D eigenvalue weighted by Gasteiger charge is 2.13. The third kappa shape index (κ3) is 4.08. The Hall–Kier alpha value is -3.10. The van der Waals surface area contributed by atoms with Gasteiger partial charge in [-0.15, -0.1) is 22.7 Å². The van der Waals surface area contributed by atoms with E-state index in [0.717, 1.165) is 32.6 Å². The molecule has 0 saturated heterocycles. The molecule has 0 saturated carbocycles. The van der Waals surface area contributed by atoms with Gasteiger partial charge in [-0.3, -0.25) is 9.78 Å².